The highest BCUT2D eigenvalue weighted by Crippen LogP contribution is 2.22. The van der Waals surface area contributed by atoms with Gasteiger partial charge in [-0.2, -0.15) is 13.9 Å². The van der Waals surface area contributed by atoms with Gasteiger partial charge in [0.25, 0.3) is 0 Å². The fourth-order valence-corrected chi connectivity index (χ4v) is 2.23. The van der Waals surface area contributed by atoms with E-state index in [0.717, 1.165) is 11.1 Å². The first-order chi connectivity index (χ1) is 11.5. The fourth-order valence-electron chi connectivity index (χ4n) is 2.23. The van der Waals surface area contributed by atoms with Gasteiger partial charge in [0.15, 0.2) is 0 Å². The Morgan fingerprint density at radius 2 is 1.88 bits per heavy atom. The van der Waals surface area contributed by atoms with E-state index in [4.69, 9.17) is 5.11 Å². The number of ether oxygens (including phenoxy) is 1. The van der Waals surface area contributed by atoms with Crippen molar-refractivity contribution in [3.8, 4) is 22.6 Å². The zero-order valence-corrected chi connectivity index (χ0v) is 12.3. The van der Waals surface area contributed by atoms with Crippen molar-refractivity contribution in [1.29, 1.82) is 0 Å². The van der Waals surface area contributed by atoms with Crippen LogP contribution < -0.4 is 4.74 Å². The SMILES string of the molecule is O=C(O)c1cccc(-c2cnn(-c3ccc(OC(F)F)cc3)c2)c1. The van der Waals surface area contributed by atoms with Crippen LogP contribution in [0.5, 0.6) is 5.75 Å². The molecular formula is C17H12F2N2O3. The van der Waals surface area contributed by atoms with E-state index in [-0.39, 0.29) is 11.3 Å². The molecule has 1 heterocycles. The highest BCUT2D eigenvalue weighted by atomic mass is 19.3. The van der Waals surface area contributed by atoms with Gasteiger partial charge >= 0.3 is 12.6 Å². The standard InChI is InChI=1S/C17H12F2N2O3/c18-17(19)24-15-6-4-14(5-7-15)21-10-13(9-20-21)11-2-1-3-12(8-11)16(22)23/h1-10,17H,(H,22,23). The van der Waals surface area contributed by atoms with Gasteiger partial charge in [0.1, 0.15) is 5.75 Å². The summed E-state index contributed by atoms with van der Waals surface area (Å²) in [5, 5.41) is 13.2. The Labute approximate surface area is 135 Å². The average molecular weight is 330 g/mol. The molecule has 24 heavy (non-hydrogen) atoms. The van der Waals surface area contributed by atoms with Crippen LogP contribution in [0, 0.1) is 0 Å². The van der Waals surface area contributed by atoms with Crippen molar-refractivity contribution in [2.45, 2.75) is 6.61 Å². The Bertz CT molecular complexity index is 860. The maximum atomic E-state index is 12.1. The molecule has 0 aliphatic heterocycles. The highest BCUT2D eigenvalue weighted by molar-refractivity contribution is 5.89. The van der Waals surface area contributed by atoms with Crippen LogP contribution in [0.15, 0.2) is 60.9 Å². The van der Waals surface area contributed by atoms with Gasteiger partial charge < -0.3 is 9.84 Å². The molecule has 7 heteroatoms. The summed E-state index contributed by atoms with van der Waals surface area (Å²) in [6.45, 7) is -2.87. The molecule has 3 aromatic rings. The number of benzene rings is 2. The predicted molar refractivity (Wildman–Crippen MR) is 82.6 cm³/mol. The summed E-state index contributed by atoms with van der Waals surface area (Å²) in [6.07, 6.45) is 3.33. The van der Waals surface area contributed by atoms with Crippen LogP contribution in [0.2, 0.25) is 0 Å². The number of carbonyl (C=O) groups is 1. The van der Waals surface area contributed by atoms with E-state index in [9.17, 15) is 13.6 Å². The lowest BCUT2D eigenvalue weighted by atomic mass is 10.1. The highest BCUT2D eigenvalue weighted by Gasteiger charge is 2.08. The molecule has 0 saturated carbocycles. The molecule has 0 bridgehead atoms. The van der Waals surface area contributed by atoms with E-state index in [1.807, 2.05) is 0 Å². The minimum absolute atomic E-state index is 0.0651. The monoisotopic (exact) mass is 330 g/mol. The Balaban J connectivity index is 1.85. The Morgan fingerprint density at radius 3 is 2.54 bits per heavy atom. The van der Waals surface area contributed by atoms with E-state index in [1.165, 1.54) is 18.2 Å². The summed E-state index contributed by atoms with van der Waals surface area (Å²) in [5.74, 6) is -0.936. The number of carboxylic acids is 1. The van der Waals surface area contributed by atoms with Gasteiger partial charge in [-0.05, 0) is 42.0 Å². The second-order valence-corrected chi connectivity index (χ2v) is 4.93. The lowest BCUT2D eigenvalue weighted by molar-refractivity contribution is -0.0498. The second kappa shape index (κ2) is 6.49. The summed E-state index contributed by atoms with van der Waals surface area (Å²) in [5.41, 5.74) is 2.32. The lowest BCUT2D eigenvalue weighted by Gasteiger charge is -2.05. The number of hydrogen-bond acceptors (Lipinski definition) is 3. The third kappa shape index (κ3) is 3.40. The maximum Gasteiger partial charge on any atom is 0.387 e. The molecule has 2 aromatic carbocycles. The summed E-state index contributed by atoms with van der Waals surface area (Å²) in [6, 6.07) is 12.6. The third-order valence-corrected chi connectivity index (χ3v) is 3.35. The number of alkyl halides is 2. The van der Waals surface area contributed by atoms with Gasteiger partial charge in [-0.15, -0.1) is 0 Å². The molecule has 0 radical (unpaired) electrons. The first-order valence-corrected chi connectivity index (χ1v) is 6.96. The number of aromatic nitrogens is 2. The first-order valence-electron chi connectivity index (χ1n) is 6.96. The van der Waals surface area contributed by atoms with E-state index in [2.05, 4.69) is 9.84 Å². The molecule has 0 fully saturated rings. The maximum absolute atomic E-state index is 12.1. The molecule has 1 N–H and O–H groups in total. The number of aromatic carboxylic acids is 1. The van der Waals surface area contributed by atoms with Crippen molar-refractivity contribution >= 4 is 5.97 Å². The van der Waals surface area contributed by atoms with Crippen molar-refractivity contribution in [2.75, 3.05) is 0 Å². The van der Waals surface area contributed by atoms with Crippen LogP contribution >= 0.6 is 0 Å². The molecule has 0 amide bonds. The van der Waals surface area contributed by atoms with Crippen LogP contribution in [0.1, 0.15) is 10.4 Å². The second-order valence-electron chi connectivity index (χ2n) is 4.93. The lowest BCUT2D eigenvalue weighted by Crippen LogP contribution is -2.02. The van der Waals surface area contributed by atoms with Gasteiger partial charge in [0.05, 0.1) is 17.4 Å². The van der Waals surface area contributed by atoms with E-state index < -0.39 is 12.6 Å². The molecule has 122 valence electrons. The smallest absolute Gasteiger partial charge is 0.387 e. The summed E-state index contributed by atoms with van der Waals surface area (Å²) in [4.78, 5) is 11.0. The minimum atomic E-state index is -2.87. The number of carboxylic acid groups (broad SMARTS) is 1. The average Bonchev–Trinajstić information content (AvgIpc) is 3.05. The van der Waals surface area contributed by atoms with Crippen molar-refractivity contribution < 1.29 is 23.4 Å². The van der Waals surface area contributed by atoms with E-state index in [0.29, 0.717) is 5.69 Å². The molecule has 0 saturated heterocycles. The van der Waals surface area contributed by atoms with Gasteiger partial charge in [-0.3, -0.25) is 0 Å². The zero-order valence-electron chi connectivity index (χ0n) is 12.3. The normalized spacial score (nSPS) is 10.8. The van der Waals surface area contributed by atoms with E-state index >= 15 is 0 Å². The number of nitrogens with zero attached hydrogens (tertiary/aromatic N) is 2. The first kappa shape index (κ1) is 15.7. The summed E-state index contributed by atoms with van der Waals surface area (Å²) in [7, 11) is 0. The number of hydrogen-bond donors (Lipinski definition) is 1. The van der Waals surface area contributed by atoms with Gasteiger partial charge in [0, 0.05) is 11.8 Å². The zero-order chi connectivity index (χ0) is 17.1. The van der Waals surface area contributed by atoms with Crippen molar-refractivity contribution in [3.05, 3.63) is 66.5 Å². The topological polar surface area (TPSA) is 64.3 Å². The van der Waals surface area contributed by atoms with Gasteiger partial charge in [0.2, 0.25) is 0 Å². The van der Waals surface area contributed by atoms with Crippen LogP contribution in [-0.2, 0) is 0 Å². The van der Waals surface area contributed by atoms with Crippen LogP contribution in [-0.4, -0.2) is 27.5 Å². The third-order valence-electron chi connectivity index (χ3n) is 3.35. The van der Waals surface area contributed by atoms with Crippen LogP contribution in [0.3, 0.4) is 0 Å². The molecule has 0 spiro atoms. The molecule has 5 nitrogen and oxygen atoms in total. The molecule has 3 rings (SSSR count). The molecule has 0 atom stereocenters. The molecule has 1 aromatic heterocycles. The summed E-state index contributed by atoms with van der Waals surface area (Å²) >= 11 is 0. The Morgan fingerprint density at radius 1 is 1.12 bits per heavy atom. The predicted octanol–water partition coefficient (Wildman–Crippen LogP) is 3.84. The summed E-state index contributed by atoms with van der Waals surface area (Å²) < 4.78 is 30.1. The number of halogens is 2. The van der Waals surface area contributed by atoms with Crippen molar-refractivity contribution in [3.63, 3.8) is 0 Å². The quantitative estimate of drug-likeness (QED) is 0.772. The molecule has 0 aliphatic carbocycles. The van der Waals surface area contributed by atoms with Gasteiger partial charge in [-0.1, -0.05) is 12.1 Å². The van der Waals surface area contributed by atoms with Gasteiger partial charge in [-0.25, -0.2) is 9.48 Å². The fraction of sp³-hybridized carbons (Fsp3) is 0.0588. The molecule has 0 aliphatic rings. The van der Waals surface area contributed by atoms with Crippen molar-refractivity contribution in [1.82, 2.24) is 9.78 Å². The van der Waals surface area contributed by atoms with Crippen LogP contribution in [0.4, 0.5) is 8.78 Å². The van der Waals surface area contributed by atoms with Crippen LogP contribution in [0.25, 0.3) is 16.8 Å². The Hall–Kier alpha value is -3.22. The number of rotatable bonds is 5. The Kier molecular flexibility index (Phi) is 4.24. The molecule has 0 unspecified atom stereocenters. The van der Waals surface area contributed by atoms with Crippen molar-refractivity contribution in [2.24, 2.45) is 0 Å². The molecular weight excluding hydrogens is 318 g/mol. The minimum Gasteiger partial charge on any atom is -0.478 e. The largest absolute Gasteiger partial charge is 0.478 e. The van der Waals surface area contributed by atoms with E-state index in [1.54, 1.807) is 47.4 Å².